The zero-order valence-electron chi connectivity index (χ0n) is 9.51. The Kier molecular flexibility index (Phi) is 2.97. The van der Waals surface area contributed by atoms with Crippen molar-refractivity contribution in [3.63, 3.8) is 0 Å². The first kappa shape index (κ1) is 11.0. The van der Waals surface area contributed by atoms with Gasteiger partial charge < -0.3 is 4.90 Å². The minimum Gasteiger partial charge on any atom is -0.351 e. The first-order chi connectivity index (χ1) is 8.40. The molecule has 1 aliphatic carbocycles. The highest BCUT2D eigenvalue weighted by Gasteiger charge is 2.30. The first-order valence-corrected chi connectivity index (χ1v) is 7.05. The van der Waals surface area contributed by atoms with Crippen molar-refractivity contribution in [1.82, 2.24) is 10.2 Å². The number of aromatic nitrogens is 2. The van der Waals surface area contributed by atoms with Crippen molar-refractivity contribution < 1.29 is 0 Å². The van der Waals surface area contributed by atoms with Gasteiger partial charge >= 0.3 is 0 Å². The molecule has 0 amide bonds. The van der Waals surface area contributed by atoms with E-state index in [-0.39, 0.29) is 0 Å². The third-order valence-corrected chi connectivity index (χ3v) is 3.49. The molecule has 0 bridgehead atoms. The summed E-state index contributed by atoms with van der Waals surface area (Å²) in [6.45, 7) is 0.993. The summed E-state index contributed by atoms with van der Waals surface area (Å²) in [7, 11) is 0. The van der Waals surface area contributed by atoms with Crippen molar-refractivity contribution in [2.24, 2.45) is 0 Å². The standard InChI is InChI=1S/C13H14BrN3/c14-7-8-17(11-5-6-11)13-12-4-2-1-3-10(12)9-15-16-13/h1-4,9,11H,5-8H2. The molecule has 1 saturated carbocycles. The summed E-state index contributed by atoms with van der Waals surface area (Å²) >= 11 is 3.52. The number of alkyl halides is 1. The molecular formula is C13H14BrN3. The lowest BCUT2D eigenvalue weighted by Gasteiger charge is -2.23. The van der Waals surface area contributed by atoms with Gasteiger partial charge in [0.15, 0.2) is 5.82 Å². The van der Waals surface area contributed by atoms with Gasteiger partial charge in [-0.05, 0) is 12.8 Å². The second kappa shape index (κ2) is 4.61. The van der Waals surface area contributed by atoms with Gasteiger partial charge in [0, 0.05) is 28.7 Å². The Morgan fingerprint density at radius 1 is 1.29 bits per heavy atom. The van der Waals surface area contributed by atoms with Crippen LogP contribution >= 0.6 is 15.9 Å². The molecule has 0 spiro atoms. The molecule has 3 rings (SSSR count). The van der Waals surface area contributed by atoms with Crippen LogP contribution in [0.15, 0.2) is 30.5 Å². The second-order valence-electron chi connectivity index (χ2n) is 4.37. The van der Waals surface area contributed by atoms with E-state index in [2.05, 4.69) is 49.2 Å². The van der Waals surface area contributed by atoms with Gasteiger partial charge in [-0.25, -0.2) is 0 Å². The zero-order chi connectivity index (χ0) is 11.7. The number of nitrogens with zero attached hydrogens (tertiary/aromatic N) is 3. The van der Waals surface area contributed by atoms with E-state index in [0.717, 1.165) is 23.1 Å². The predicted molar refractivity (Wildman–Crippen MR) is 73.7 cm³/mol. The predicted octanol–water partition coefficient (Wildman–Crippen LogP) is 2.99. The summed E-state index contributed by atoms with van der Waals surface area (Å²) in [5, 5.41) is 11.8. The molecule has 0 aliphatic heterocycles. The number of halogens is 1. The first-order valence-electron chi connectivity index (χ1n) is 5.93. The fourth-order valence-electron chi connectivity index (χ4n) is 2.16. The van der Waals surface area contributed by atoms with Gasteiger partial charge in [-0.15, -0.1) is 5.10 Å². The molecule has 0 atom stereocenters. The number of fused-ring (bicyclic) bond motifs is 1. The quantitative estimate of drug-likeness (QED) is 0.811. The molecule has 3 nitrogen and oxygen atoms in total. The fraction of sp³-hybridized carbons (Fsp3) is 0.385. The number of hydrogen-bond donors (Lipinski definition) is 0. The third-order valence-electron chi connectivity index (χ3n) is 3.14. The average Bonchev–Trinajstić information content (AvgIpc) is 3.20. The molecule has 17 heavy (non-hydrogen) atoms. The van der Waals surface area contributed by atoms with E-state index in [1.165, 1.54) is 18.2 Å². The van der Waals surface area contributed by atoms with Crippen LogP contribution in [0.3, 0.4) is 0 Å². The molecule has 1 aromatic carbocycles. The van der Waals surface area contributed by atoms with Crippen LogP contribution in [0.4, 0.5) is 5.82 Å². The van der Waals surface area contributed by atoms with Gasteiger partial charge in [0.05, 0.1) is 6.20 Å². The SMILES string of the molecule is BrCCN(c1nncc2ccccc12)C1CC1. The highest BCUT2D eigenvalue weighted by molar-refractivity contribution is 9.09. The molecule has 0 unspecified atom stereocenters. The normalized spacial score (nSPS) is 15.1. The van der Waals surface area contributed by atoms with Crippen LogP contribution in [0, 0.1) is 0 Å². The molecule has 0 N–H and O–H groups in total. The van der Waals surface area contributed by atoms with E-state index in [9.17, 15) is 0 Å². The van der Waals surface area contributed by atoms with Gasteiger partial charge in [-0.3, -0.25) is 0 Å². The molecule has 88 valence electrons. The maximum absolute atomic E-state index is 4.34. The summed E-state index contributed by atoms with van der Waals surface area (Å²) in [5.41, 5.74) is 0. The molecule has 1 heterocycles. The Morgan fingerprint density at radius 2 is 2.12 bits per heavy atom. The van der Waals surface area contributed by atoms with E-state index < -0.39 is 0 Å². The van der Waals surface area contributed by atoms with Gasteiger partial charge in [0.2, 0.25) is 0 Å². The van der Waals surface area contributed by atoms with Crippen molar-refractivity contribution in [3.8, 4) is 0 Å². The molecule has 0 saturated heterocycles. The Labute approximate surface area is 109 Å². The van der Waals surface area contributed by atoms with Crippen LogP contribution in [0.1, 0.15) is 12.8 Å². The summed E-state index contributed by atoms with van der Waals surface area (Å²) in [5.74, 6) is 1.03. The van der Waals surface area contributed by atoms with E-state index >= 15 is 0 Å². The lowest BCUT2D eigenvalue weighted by molar-refractivity contribution is 0.805. The highest BCUT2D eigenvalue weighted by Crippen LogP contribution is 2.33. The monoisotopic (exact) mass is 291 g/mol. The van der Waals surface area contributed by atoms with Crippen molar-refractivity contribution in [3.05, 3.63) is 30.5 Å². The molecule has 1 fully saturated rings. The summed E-state index contributed by atoms with van der Waals surface area (Å²) < 4.78 is 0. The summed E-state index contributed by atoms with van der Waals surface area (Å²) in [6, 6.07) is 8.98. The molecule has 1 aromatic heterocycles. The summed E-state index contributed by atoms with van der Waals surface area (Å²) in [6.07, 6.45) is 4.38. The van der Waals surface area contributed by atoms with Crippen LogP contribution < -0.4 is 4.90 Å². The van der Waals surface area contributed by atoms with Crippen molar-refractivity contribution in [1.29, 1.82) is 0 Å². The van der Waals surface area contributed by atoms with Gasteiger partial charge in [-0.2, -0.15) is 5.10 Å². The average molecular weight is 292 g/mol. The molecule has 0 radical (unpaired) electrons. The van der Waals surface area contributed by atoms with E-state index in [1.807, 2.05) is 12.3 Å². The van der Waals surface area contributed by atoms with Gasteiger partial charge in [0.25, 0.3) is 0 Å². The molecule has 4 heteroatoms. The van der Waals surface area contributed by atoms with Crippen molar-refractivity contribution in [2.75, 3.05) is 16.8 Å². The lowest BCUT2D eigenvalue weighted by atomic mass is 10.2. The minimum atomic E-state index is 0.660. The number of rotatable bonds is 4. The second-order valence-corrected chi connectivity index (χ2v) is 5.16. The van der Waals surface area contributed by atoms with Gasteiger partial charge in [-0.1, -0.05) is 40.2 Å². The minimum absolute atomic E-state index is 0.660. The zero-order valence-corrected chi connectivity index (χ0v) is 11.1. The van der Waals surface area contributed by atoms with E-state index in [4.69, 9.17) is 0 Å². The van der Waals surface area contributed by atoms with Gasteiger partial charge in [0.1, 0.15) is 0 Å². The topological polar surface area (TPSA) is 29.0 Å². The molecule has 1 aliphatic rings. The number of benzene rings is 1. The molecule has 2 aromatic rings. The van der Waals surface area contributed by atoms with Crippen LogP contribution in [0.2, 0.25) is 0 Å². The van der Waals surface area contributed by atoms with Crippen LogP contribution in [-0.2, 0) is 0 Å². The maximum Gasteiger partial charge on any atom is 0.159 e. The van der Waals surface area contributed by atoms with Crippen molar-refractivity contribution >= 4 is 32.5 Å². The largest absolute Gasteiger partial charge is 0.351 e. The van der Waals surface area contributed by atoms with E-state index in [0.29, 0.717) is 6.04 Å². The Balaban J connectivity index is 2.08. The lowest BCUT2D eigenvalue weighted by Crippen LogP contribution is -2.29. The Bertz CT molecular complexity index is 520. The Hall–Kier alpha value is -1.16. The third kappa shape index (κ3) is 2.14. The number of hydrogen-bond acceptors (Lipinski definition) is 3. The summed E-state index contributed by atoms with van der Waals surface area (Å²) in [4.78, 5) is 2.38. The van der Waals surface area contributed by atoms with Crippen LogP contribution in [-0.4, -0.2) is 28.1 Å². The highest BCUT2D eigenvalue weighted by atomic mass is 79.9. The number of anilines is 1. The fourth-order valence-corrected chi connectivity index (χ4v) is 2.55. The smallest absolute Gasteiger partial charge is 0.159 e. The van der Waals surface area contributed by atoms with Crippen LogP contribution in [0.25, 0.3) is 10.8 Å². The van der Waals surface area contributed by atoms with Crippen LogP contribution in [0.5, 0.6) is 0 Å². The Morgan fingerprint density at radius 3 is 2.88 bits per heavy atom. The maximum atomic E-state index is 4.34. The van der Waals surface area contributed by atoms with Crippen molar-refractivity contribution in [2.45, 2.75) is 18.9 Å². The van der Waals surface area contributed by atoms with E-state index in [1.54, 1.807) is 0 Å². The molecular weight excluding hydrogens is 278 g/mol.